The molecule has 2 aliphatic heterocycles. The Balaban J connectivity index is 1.24. The number of carbonyl (C=O) groups excluding carboxylic acids is 1. The zero-order valence-electron chi connectivity index (χ0n) is 23.8. The van der Waals surface area contributed by atoms with Gasteiger partial charge in [-0.05, 0) is 26.3 Å². The van der Waals surface area contributed by atoms with Crippen LogP contribution in [-0.4, -0.2) is 64.4 Å². The molecule has 2 aromatic carbocycles. The van der Waals surface area contributed by atoms with Crippen molar-refractivity contribution < 1.29 is 27.1 Å². The second kappa shape index (κ2) is 10.7. The number of benzene rings is 2. The van der Waals surface area contributed by atoms with Crippen LogP contribution in [0.1, 0.15) is 42.8 Å². The molecular formula is C30H28F3N7O3S. The van der Waals surface area contributed by atoms with Crippen LogP contribution in [0.4, 0.5) is 29.9 Å². The van der Waals surface area contributed by atoms with E-state index in [-0.39, 0.29) is 47.1 Å². The Morgan fingerprint density at radius 1 is 1.07 bits per heavy atom. The summed E-state index contributed by atoms with van der Waals surface area (Å²) >= 11 is 0.983. The molecule has 4 aromatic rings. The summed E-state index contributed by atoms with van der Waals surface area (Å²) in [5.41, 5.74) is 0.907. The minimum atomic E-state index is -4.51. The summed E-state index contributed by atoms with van der Waals surface area (Å²) in [5, 5.41) is 14.7. The fourth-order valence-corrected chi connectivity index (χ4v) is 6.56. The molecule has 1 unspecified atom stereocenters. The van der Waals surface area contributed by atoms with E-state index in [9.17, 15) is 18.0 Å². The number of ether oxygens (including phenoxy) is 1. The van der Waals surface area contributed by atoms with Crippen molar-refractivity contribution in [1.82, 2.24) is 15.2 Å². The number of fused-ring (bicyclic) bond motifs is 2. The molecule has 0 spiro atoms. The molecule has 10 nitrogen and oxygen atoms in total. The Labute approximate surface area is 254 Å². The molecule has 3 atom stereocenters. The number of nitrogens with one attached hydrogen (secondary N) is 2. The summed E-state index contributed by atoms with van der Waals surface area (Å²) < 4.78 is 53.7. The topological polar surface area (TPSA) is 118 Å². The minimum Gasteiger partial charge on any atom is -0.402 e. The maximum absolute atomic E-state index is 14.0. The molecule has 0 radical (unpaired) electrons. The first kappa shape index (κ1) is 28.5. The van der Waals surface area contributed by atoms with Crippen molar-refractivity contribution in [3.05, 3.63) is 70.7 Å². The van der Waals surface area contributed by atoms with Gasteiger partial charge in [-0.2, -0.15) is 13.2 Å². The third kappa shape index (κ3) is 5.21. The van der Waals surface area contributed by atoms with Crippen LogP contribution in [0.3, 0.4) is 0 Å². The van der Waals surface area contributed by atoms with Crippen molar-refractivity contribution >= 4 is 39.7 Å². The summed E-state index contributed by atoms with van der Waals surface area (Å²) in [5.74, 6) is -0.294. The highest BCUT2D eigenvalue weighted by Crippen LogP contribution is 2.49. The van der Waals surface area contributed by atoms with Gasteiger partial charge >= 0.3 is 12.2 Å². The van der Waals surface area contributed by atoms with Gasteiger partial charge in [0.15, 0.2) is 5.69 Å². The number of para-hydroxylation sites is 1. The number of hydrogen-bond donors (Lipinski definition) is 2. The summed E-state index contributed by atoms with van der Waals surface area (Å²) in [4.78, 5) is 24.3. The number of alkyl halides is 3. The quantitative estimate of drug-likeness (QED) is 0.284. The fraction of sp³-hybridized carbons (Fsp3) is 0.367. The van der Waals surface area contributed by atoms with Crippen molar-refractivity contribution in [2.24, 2.45) is 4.99 Å². The maximum atomic E-state index is 14.0. The Kier molecular flexibility index (Phi) is 6.92. The number of halogens is 3. The Morgan fingerprint density at radius 2 is 1.84 bits per heavy atom. The number of aliphatic imine (C=N–C) groups is 1. The molecule has 2 N–H and O–H groups in total. The van der Waals surface area contributed by atoms with Gasteiger partial charge < -0.3 is 24.7 Å². The predicted octanol–water partition coefficient (Wildman–Crippen LogP) is 5.63. The van der Waals surface area contributed by atoms with Crippen molar-refractivity contribution in [3.63, 3.8) is 0 Å². The number of rotatable bonds is 6. The van der Waals surface area contributed by atoms with Gasteiger partial charge in [-0.3, -0.25) is 9.79 Å². The van der Waals surface area contributed by atoms with E-state index in [1.54, 1.807) is 0 Å². The van der Waals surface area contributed by atoms with Crippen molar-refractivity contribution in [2.45, 2.75) is 56.6 Å². The number of carbonyl (C=O) groups is 1. The summed E-state index contributed by atoms with van der Waals surface area (Å²) in [7, 11) is 0. The highest BCUT2D eigenvalue weighted by Gasteiger charge is 2.53. The maximum Gasteiger partial charge on any atom is 0.400 e. The van der Waals surface area contributed by atoms with E-state index in [1.165, 1.54) is 0 Å². The molecule has 44 heavy (non-hydrogen) atoms. The molecular weight excluding hydrogens is 595 g/mol. The number of amides is 1. The predicted molar refractivity (Wildman–Crippen MR) is 159 cm³/mol. The first-order chi connectivity index (χ1) is 21.1. The van der Waals surface area contributed by atoms with E-state index in [0.717, 1.165) is 42.7 Å². The molecule has 2 fully saturated rings. The molecule has 1 saturated carbocycles. The molecule has 1 saturated heterocycles. The molecule has 228 valence electrons. The summed E-state index contributed by atoms with van der Waals surface area (Å²) in [6, 6.07) is 17.0. The largest absolute Gasteiger partial charge is 0.402 e. The normalized spacial score (nSPS) is 21.8. The third-order valence-corrected chi connectivity index (χ3v) is 9.38. The zero-order valence-corrected chi connectivity index (χ0v) is 24.6. The fourth-order valence-electron chi connectivity index (χ4n) is 5.30. The van der Waals surface area contributed by atoms with Crippen LogP contribution in [0.15, 0.2) is 64.0 Å². The molecule has 1 amide bonds. The van der Waals surface area contributed by atoms with E-state index in [2.05, 4.69) is 25.8 Å². The molecule has 2 aromatic heterocycles. The van der Waals surface area contributed by atoms with Crippen molar-refractivity contribution in [3.8, 4) is 11.6 Å². The first-order valence-corrected chi connectivity index (χ1v) is 15.0. The monoisotopic (exact) mass is 623 g/mol. The minimum absolute atomic E-state index is 0.0282. The molecule has 14 heteroatoms. The number of anilines is 3. The van der Waals surface area contributed by atoms with Crippen LogP contribution in [0.5, 0.6) is 0 Å². The smallest absolute Gasteiger partial charge is 0.400 e. The first-order valence-electron chi connectivity index (χ1n) is 14.2. The van der Waals surface area contributed by atoms with Gasteiger partial charge in [0.1, 0.15) is 21.6 Å². The van der Waals surface area contributed by atoms with E-state index in [1.807, 2.05) is 59.5 Å². The second-order valence-electron chi connectivity index (χ2n) is 11.4. The van der Waals surface area contributed by atoms with Gasteiger partial charge in [-0.25, -0.2) is 4.98 Å². The van der Waals surface area contributed by atoms with Gasteiger partial charge in [-0.1, -0.05) is 65.0 Å². The lowest BCUT2D eigenvalue weighted by Gasteiger charge is -2.28. The van der Waals surface area contributed by atoms with E-state index in [4.69, 9.17) is 14.1 Å². The van der Waals surface area contributed by atoms with Gasteiger partial charge in [0.05, 0.1) is 36.6 Å². The number of thiazole rings is 1. The molecule has 4 heterocycles. The van der Waals surface area contributed by atoms with E-state index in [0.29, 0.717) is 29.6 Å². The average molecular weight is 624 g/mol. The van der Waals surface area contributed by atoms with Crippen LogP contribution in [0, 0.1) is 0 Å². The standard InChI is InChI=1S/C30H28F3N7O3S/c1-29(2,30(31,32)33)27-37-24(26(44-27)40-12-13-42-20-14-19(20)40)25-38-39-28(43-25)36-21-15-22(41)34-18-11-7-6-10-17(18)23(35-21)16-8-4-3-5-9-16/h3-11,19-21H,12-15H2,1-2H3,(H,34,41)(H,36,39)/t19-,20?,21-/m1/s1. The highest BCUT2D eigenvalue weighted by molar-refractivity contribution is 7.16. The van der Waals surface area contributed by atoms with Crippen molar-refractivity contribution in [2.75, 3.05) is 28.7 Å². The number of hydrogen-bond acceptors (Lipinski definition) is 10. The summed E-state index contributed by atoms with van der Waals surface area (Å²) in [6.45, 7) is 3.19. The number of nitrogens with zero attached hydrogens (tertiary/aromatic N) is 5. The van der Waals surface area contributed by atoms with Crippen LogP contribution in [0.25, 0.3) is 11.6 Å². The molecule has 7 rings (SSSR count). The lowest BCUT2D eigenvalue weighted by atomic mass is 9.94. The zero-order chi connectivity index (χ0) is 30.6. The SMILES string of the molecule is CC(C)(c1nc(-c2nnc(N[C@@H]3CC(=O)Nc4ccccc4C(c4ccccc4)=N3)o2)c(N2CCOC3C[C@H]32)s1)C(F)(F)F. The lowest BCUT2D eigenvalue weighted by Crippen LogP contribution is -2.36. The van der Waals surface area contributed by atoms with E-state index < -0.39 is 17.8 Å². The second-order valence-corrected chi connectivity index (χ2v) is 12.4. The average Bonchev–Trinajstić information content (AvgIpc) is 3.42. The molecule has 1 aliphatic carbocycles. The Hall–Kier alpha value is -4.30. The van der Waals surface area contributed by atoms with Gasteiger partial charge in [-0.15, -0.1) is 5.10 Å². The van der Waals surface area contributed by atoms with Gasteiger partial charge in [0.25, 0.3) is 5.89 Å². The number of aromatic nitrogens is 3. The van der Waals surface area contributed by atoms with Crippen molar-refractivity contribution in [1.29, 1.82) is 0 Å². The Bertz CT molecular complexity index is 1740. The van der Waals surface area contributed by atoms with Gasteiger partial charge in [0.2, 0.25) is 5.91 Å². The van der Waals surface area contributed by atoms with Crippen LogP contribution < -0.4 is 15.5 Å². The van der Waals surface area contributed by atoms with E-state index >= 15 is 0 Å². The summed E-state index contributed by atoms with van der Waals surface area (Å²) in [6.07, 6.45) is -4.50. The van der Waals surface area contributed by atoms with Crippen LogP contribution >= 0.6 is 11.3 Å². The van der Waals surface area contributed by atoms with Gasteiger partial charge in [0, 0.05) is 17.7 Å². The van der Waals surface area contributed by atoms with Crippen LogP contribution in [-0.2, 0) is 14.9 Å². The molecule has 3 aliphatic rings. The third-order valence-electron chi connectivity index (χ3n) is 7.96. The molecule has 0 bridgehead atoms. The Morgan fingerprint density at radius 3 is 2.64 bits per heavy atom. The highest BCUT2D eigenvalue weighted by atomic mass is 32.1. The van der Waals surface area contributed by atoms with Crippen LogP contribution in [0.2, 0.25) is 0 Å². The lowest BCUT2D eigenvalue weighted by molar-refractivity contribution is -0.180. The number of morpholine rings is 1.